The zero-order valence-electron chi connectivity index (χ0n) is 17.4. The van der Waals surface area contributed by atoms with Crippen molar-refractivity contribution in [1.29, 1.82) is 0 Å². The predicted octanol–water partition coefficient (Wildman–Crippen LogP) is 2.52. The molecule has 0 fully saturated rings. The standard InChI is InChI=1S/C20H22F3N3O6/c1-3-31-17(28)8-5-9-24-16(27)12-32-19(29)18-15(30-2)11-26(25-18)14-7-4-6-13(10-14)20(21,22)23/h4,6-7,10-11H,3,5,8-9,12H2,1-2H3,(H,24,27). The number of halogens is 3. The van der Waals surface area contributed by atoms with Crippen LogP contribution in [0.5, 0.6) is 5.75 Å². The van der Waals surface area contributed by atoms with Crippen LogP contribution in [0.15, 0.2) is 30.5 Å². The average Bonchev–Trinajstić information content (AvgIpc) is 3.19. The van der Waals surface area contributed by atoms with Crippen LogP contribution in [-0.2, 0) is 25.2 Å². The molecule has 0 unspecified atom stereocenters. The predicted molar refractivity (Wildman–Crippen MR) is 104 cm³/mol. The molecule has 12 heteroatoms. The molecule has 1 amide bonds. The van der Waals surface area contributed by atoms with E-state index in [1.54, 1.807) is 6.92 Å². The number of nitrogens with one attached hydrogen (secondary N) is 1. The van der Waals surface area contributed by atoms with E-state index in [1.165, 1.54) is 25.4 Å². The summed E-state index contributed by atoms with van der Waals surface area (Å²) >= 11 is 0. The summed E-state index contributed by atoms with van der Waals surface area (Å²) < 4.78 is 54.5. The van der Waals surface area contributed by atoms with Crippen molar-refractivity contribution in [2.24, 2.45) is 0 Å². The molecule has 0 saturated carbocycles. The zero-order valence-corrected chi connectivity index (χ0v) is 17.4. The minimum absolute atomic E-state index is 0.0396. The number of carbonyl (C=O) groups is 3. The quantitative estimate of drug-likeness (QED) is 0.431. The van der Waals surface area contributed by atoms with Gasteiger partial charge in [-0.25, -0.2) is 9.48 Å². The van der Waals surface area contributed by atoms with E-state index in [-0.39, 0.29) is 42.7 Å². The number of aromatic nitrogens is 2. The highest BCUT2D eigenvalue weighted by molar-refractivity contribution is 5.92. The number of benzene rings is 1. The summed E-state index contributed by atoms with van der Waals surface area (Å²) in [6.45, 7) is 1.53. The van der Waals surface area contributed by atoms with Crippen LogP contribution >= 0.6 is 0 Å². The average molecular weight is 457 g/mol. The van der Waals surface area contributed by atoms with Gasteiger partial charge in [0.15, 0.2) is 12.4 Å². The Kier molecular flexibility index (Phi) is 8.62. The van der Waals surface area contributed by atoms with Crippen molar-refractivity contribution >= 4 is 17.8 Å². The number of rotatable bonds is 10. The molecule has 1 aromatic carbocycles. The lowest BCUT2D eigenvalue weighted by Crippen LogP contribution is -2.30. The summed E-state index contributed by atoms with van der Waals surface area (Å²) in [5.74, 6) is -2.01. The molecule has 0 radical (unpaired) electrons. The first kappa shape index (κ1) is 24.7. The van der Waals surface area contributed by atoms with Crippen molar-refractivity contribution < 1.29 is 41.8 Å². The van der Waals surface area contributed by atoms with Crippen molar-refractivity contribution in [1.82, 2.24) is 15.1 Å². The number of amides is 1. The number of hydrogen-bond donors (Lipinski definition) is 1. The van der Waals surface area contributed by atoms with E-state index in [0.717, 1.165) is 16.8 Å². The summed E-state index contributed by atoms with van der Waals surface area (Å²) in [5.41, 5.74) is -1.13. The molecule has 1 N–H and O–H groups in total. The number of hydrogen-bond acceptors (Lipinski definition) is 7. The molecule has 0 spiro atoms. The second-order valence-electron chi connectivity index (χ2n) is 6.37. The molecule has 2 rings (SSSR count). The minimum atomic E-state index is -4.54. The number of esters is 2. The highest BCUT2D eigenvalue weighted by atomic mass is 19.4. The summed E-state index contributed by atoms with van der Waals surface area (Å²) in [5, 5.41) is 6.41. The van der Waals surface area contributed by atoms with Gasteiger partial charge in [0, 0.05) is 13.0 Å². The van der Waals surface area contributed by atoms with Gasteiger partial charge < -0.3 is 19.5 Å². The molecule has 0 bridgehead atoms. The molecular weight excluding hydrogens is 435 g/mol. The Morgan fingerprint density at radius 1 is 1.19 bits per heavy atom. The van der Waals surface area contributed by atoms with Gasteiger partial charge >= 0.3 is 18.1 Å². The highest BCUT2D eigenvalue weighted by Gasteiger charge is 2.31. The van der Waals surface area contributed by atoms with Gasteiger partial charge in [0.2, 0.25) is 5.69 Å². The lowest BCUT2D eigenvalue weighted by molar-refractivity contribution is -0.143. The molecule has 0 aliphatic carbocycles. The molecule has 1 heterocycles. The Hall–Kier alpha value is -3.57. The second-order valence-corrected chi connectivity index (χ2v) is 6.37. The third kappa shape index (κ3) is 7.00. The van der Waals surface area contributed by atoms with E-state index in [4.69, 9.17) is 14.2 Å². The van der Waals surface area contributed by atoms with Crippen LogP contribution in [0.25, 0.3) is 5.69 Å². The monoisotopic (exact) mass is 457 g/mol. The fourth-order valence-electron chi connectivity index (χ4n) is 2.55. The van der Waals surface area contributed by atoms with Crippen molar-refractivity contribution in [3.8, 4) is 11.4 Å². The van der Waals surface area contributed by atoms with Crippen molar-refractivity contribution in [3.63, 3.8) is 0 Å². The van der Waals surface area contributed by atoms with E-state index in [0.29, 0.717) is 6.42 Å². The number of nitrogens with zero attached hydrogens (tertiary/aromatic N) is 2. The third-order valence-electron chi connectivity index (χ3n) is 4.05. The van der Waals surface area contributed by atoms with Crippen LogP contribution in [0, 0.1) is 0 Å². The Bertz CT molecular complexity index is 958. The Labute approximate surface area is 181 Å². The molecule has 1 aromatic heterocycles. The molecular formula is C20H22F3N3O6. The van der Waals surface area contributed by atoms with Crippen LogP contribution in [-0.4, -0.2) is 54.5 Å². The van der Waals surface area contributed by atoms with Gasteiger partial charge in [-0.2, -0.15) is 18.3 Å². The molecule has 32 heavy (non-hydrogen) atoms. The summed E-state index contributed by atoms with van der Waals surface area (Å²) in [7, 11) is 1.25. The van der Waals surface area contributed by atoms with Gasteiger partial charge in [0.25, 0.3) is 5.91 Å². The normalized spacial score (nSPS) is 11.0. The van der Waals surface area contributed by atoms with Gasteiger partial charge in [-0.3, -0.25) is 9.59 Å². The van der Waals surface area contributed by atoms with Crippen LogP contribution in [0.1, 0.15) is 35.8 Å². The smallest absolute Gasteiger partial charge is 0.416 e. The van der Waals surface area contributed by atoms with Crippen LogP contribution in [0.3, 0.4) is 0 Å². The van der Waals surface area contributed by atoms with Crippen LogP contribution in [0.4, 0.5) is 13.2 Å². The Morgan fingerprint density at radius 3 is 2.59 bits per heavy atom. The first-order valence-corrected chi connectivity index (χ1v) is 9.56. The first-order chi connectivity index (χ1) is 15.2. The van der Waals surface area contributed by atoms with Gasteiger partial charge in [-0.05, 0) is 31.5 Å². The fraction of sp³-hybridized carbons (Fsp3) is 0.400. The Morgan fingerprint density at radius 2 is 1.94 bits per heavy atom. The topological polar surface area (TPSA) is 109 Å². The van der Waals surface area contributed by atoms with E-state index in [9.17, 15) is 27.6 Å². The Balaban J connectivity index is 1.96. The first-order valence-electron chi connectivity index (χ1n) is 9.56. The van der Waals surface area contributed by atoms with E-state index in [1.807, 2.05) is 0 Å². The molecule has 0 aliphatic rings. The van der Waals surface area contributed by atoms with Crippen molar-refractivity contribution in [2.75, 3.05) is 26.9 Å². The zero-order chi connectivity index (χ0) is 23.7. The van der Waals surface area contributed by atoms with E-state index >= 15 is 0 Å². The largest absolute Gasteiger partial charge is 0.493 e. The fourth-order valence-corrected chi connectivity index (χ4v) is 2.55. The van der Waals surface area contributed by atoms with Gasteiger partial charge in [-0.1, -0.05) is 6.07 Å². The summed E-state index contributed by atoms with van der Waals surface area (Å²) in [6, 6.07) is 4.35. The lowest BCUT2D eigenvalue weighted by atomic mass is 10.2. The third-order valence-corrected chi connectivity index (χ3v) is 4.05. The molecule has 0 saturated heterocycles. The number of alkyl halides is 3. The molecule has 0 aliphatic heterocycles. The molecule has 2 aromatic rings. The SMILES string of the molecule is CCOC(=O)CCCNC(=O)COC(=O)c1nn(-c2cccc(C(F)(F)F)c2)cc1OC. The van der Waals surface area contributed by atoms with Gasteiger partial charge in [0.1, 0.15) is 0 Å². The van der Waals surface area contributed by atoms with Crippen LogP contribution < -0.4 is 10.1 Å². The summed E-state index contributed by atoms with van der Waals surface area (Å²) in [4.78, 5) is 35.3. The van der Waals surface area contributed by atoms with Crippen molar-refractivity contribution in [2.45, 2.75) is 25.9 Å². The van der Waals surface area contributed by atoms with Crippen LogP contribution in [0.2, 0.25) is 0 Å². The molecule has 9 nitrogen and oxygen atoms in total. The second kappa shape index (κ2) is 11.2. The van der Waals surface area contributed by atoms with Gasteiger partial charge in [-0.15, -0.1) is 0 Å². The highest BCUT2D eigenvalue weighted by Crippen LogP contribution is 2.30. The minimum Gasteiger partial charge on any atom is -0.493 e. The molecule has 174 valence electrons. The summed E-state index contributed by atoms with van der Waals surface area (Å²) in [6.07, 6.45) is -2.83. The van der Waals surface area contributed by atoms with Gasteiger partial charge in [0.05, 0.1) is 31.2 Å². The number of carbonyl (C=O) groups excluding carboxylic acids is 3. The maximum Gasteiger partial charge on any atom is 0.416 e. The maximum absolute atomic E-state index is 12.9. The maximum atomic E-state index is 12.9. The number of ether oxygens (including phenoxy) is 3. The number of methoxy groups -OCH3 is 1. The van der Waals surface area contributed by atoms with E-state index in [2.05, 4.69) is 10.4 Å². The molecule has 0 atom stereocenters. The lowest BCUT2D eigenvalue weighted by Gasteiger charge is -2.08. The van der Waals surface area contributed by atoms with E-state index < -0.39 is 30.2 Å². The van der Waals surface area contributed by atoms with Crippen molar-refractivity contribution in [3.05, 3.63) is 41.7 Å².